The minimum atomic E-state index is 0.574. The van der Waals surface area contributed by atoms with Crippen LogP contribution in [0.5, 0.6) is 0 Å². The summed E-state index contributed by atoms with van der Waals surface area (Å²) in [5, 5.41) is 0.784. The van der Waals surface area contributed by atoms with Gasteiger partial charge in [0.25, 0.3) is 0 Å². The lowest BCUT2D eigenvalue weighted by Gasteiger charge is -2.47. The second-order valence-electron chi connectivity index (χ2n) is 5.18. The molecule has 2 heterocycles. The summed E-state index contributed by atoms with van der Waals surface area (Å²) in [4.78, 5) is 5.10. The van der Waals surface area contributed by atoms with Crippen molar-refractivity contribution in [3.63, 3.8) is 0 Å². The van der Waals surface area contributed by atoms with Crippen LogP contribution in [0.4, 0.5) is 0 Å². The van der Waals surface area contributed by atoms with Gasteiger partial charge in [-0.05, 0) is 25.6 Å². The van der Waals surface area contributed by atoms with Crippen LogP contribution >= 0.6 is 11.8 Å². The van der Waals surface area contributed by atoms with E-state index in [1.54, 1.807) is 0 Å². The average Bonchev–Trinajstić information content (AvgIpc) is 2.30. The Morgan fingerprint density at radius 1 is 1.38 bits per heavy atom. The number of hydrogen-bond donors (Lipinski definition) is 1. The first-order valence-electron chi connectivity index (χ1n) is 6.48. The monoisotopic (exact) mass is 243 g/mol. The second kappa shape index (κ2) is 5.71. The topological polar surface area (TPSA) is 32.5 Å². The summed E-state index contributed by atoms with van der Waals surface area (Å²) in [6, 6.07) is 1.34. The summed E-state index contributed by atoms with van der Waals surface area (Å²) in [7, 11) is 2.21. The van der Waals surface area contributed by atoms with E-state index in [1.165, 1.54) is 31.7 Å². The predicted octanol–water partition coefficient (Wildman–Crippen LogP) is 0.845. The fourth-order valence-electron chi connectivity index (χ4n) is 3.01. The molecule has 16 heavy (non-hydrogen) atoms. The summed E-state index contributed by atoms with van der Waals surface area (Å²) < 4.78 is 0. The van der Waals surface area contributed by atoms with Gasteiger partial charge in [0.2, 0.25) is 0 Å². The molecule has 0 aromatic heterocycles. The lowest BCUT2D eigenvalue weighted by molar-refractivity contribution is 0.0516. The van der Waals surface area contributed by atoms with Crippen LogP contribution in [0.1, 0.15) is 19.8 Å². The van der Waals surface area contributed by atoms with Crippen LogP contribution in [0.25, 0.3) is 0 Å². The van der Waals surface area contributed by atoms with Gasteiger partial charge in [0.05, 0.1) is 0 Å². The molecule has 0 bridgehead atoms. The lowest BCUT2D eigenvalue weighted by Crippen LogP contribution is -2.60. The molecular weight excluding hydrogens is 218 g/mol. The van der Waals surface area contributed by atoms with Gasteiger partial charge in [-0.2, -0.15) is 11.8 Å². The molecule has 2 aliphatic rings. The Bertz CT molecular complexity index is 224. The van der Waals surface area contributed by atoms with E-state index >= 15 is 0 Å². The third-order valence-electron chi connectivity index (χ3n) is 4.00. The van der Waals surface area contributed by atoms with Crippen molar-refractivity contribution in [2.24, 2.45) is 5.73 Å². The van der Waals surface area contributed by atoms with Gasteiger partial charge in [-0.25, -0.2) is 0 Å². The van der Waals surface area contributed by atoms with Crippen molar-refractivity contribution in [2.75, 3.05) is 39.0 Å². The minimum Gasteiger partial charge on any atom is -0.329 e. The van der Waals surface area contributed by atoms with Gasteiger partial charge in [0.1, 0.15) is 0 Å². The van der Waals surface area contributed by atoms with E-state index in [2.05, 4.69) is 35.5 Å². The zero-order valence-corrected chi connectivity index (χ0v) is 11.4. The van der Waals surface area contributed by atoms with Crippen LogP contribution < -0.4 is 5.73 Å². The van der Waals surface area contributed by atoms with Crippen molar-refractivity contribution < 1.29 is 0 Å². The molecule has 3 unspecified atom stereocenters. The molecule has 2 N–H and O–H groups in total. The Morgan fingerprint density at radius 2 is 2.19 bits per heavy atom. The molecular formula is C12H25N3S. The minimum absolute atomic E-state index is 0.574. The highest BCUT2D eigenvalue weighted by Crippen LogP contribution is 2.30. The van der Waals surface area contributed by atoms with E-state index in [1.807, 2.05) is 0 Å². The van der Waals surface area contributed by atoms with Crippen LogP contribution in [0.2, 0.25) is 0 Å². The quantitative estimate of drug-likeness (QED) is 0.779. The fraction of sp³-hybridized carbons (Fsp3) is 1.00. The van der Waals surface area contributed by atoms with Crippen LogP contribution in [0.3, 0.4) is 0 Å². The Balaban J connectivity index is 2.00. The molecule has 0 saturated carbocycles. The first-order chi connectivity index (χ1) is 7.72. The molecule has 0 amide bonds. The Kier molecular flexibility index (Phi) is 4.53. The molecule has 4 heteroatoms. The Morgan fingerprint density at radius 3 is 2.88 bits per heavy atom. The third-order valence-corrected chi connectivity index (χ3v) is 5.36. The van der Waals surface area contributed by atoms with Crippen LogP contribution in [0, 0.1) is 0 Å². The summed E-state index contributed by atoms with van der Waals surface area (Å²) in [6.07, 6.45) is 2.75. The van der Waals surface area contributed by atoms with Crippen molar-refractivity contribution >= 4 is 11.8 Å². The molecule has 2 aliphatic heterocycles. The lowest BCUT2D eigenvalue weighted by atomic mass is 10.0. The maximum absolute atomic E-state index is 5.93. The second-order valence-corrected chi connectivity index (χ2v) is 6.66. The SMILES string of the molecule is CC1SCCCC1N1CCN(C)CC1CN. The number of nitrogens with zero attached hydrogens (tertiary/aromatic N) is 2. The van der Waals surface area contributed by atoms with Crippen LogP contribution in [-0.2, 0) is 0 Å². The van der Waals surface area contributed by atoms with E-state index in [-0.39, 0.29) is 0 Å². The summed E-state index contributed by atoms with van der Waals surface area (Å²) in [5.74, 6) is 1.35. The maximum atomic E-state index is 5.93. The first-order valence-corrected chi connectivity index (χ1v) is 7.53. The van der Waals surface area contributed by atoms with Crippen molar-refractivity contribution in [3.8, 4) is 0 Å². The fourth-order valence-corrected chi connectivity index (χ4v) is 4.23. The third kappa shape index (κ3) is 2.73. The summed E-state index contributed by atoms with van der Waals surface area (Å²) >= 11 is 2.14. The molecule has 94 valence electrons. The van der Waals surface area contributed by atoms with Crippen LogP contribution in [0.15, 0.2) is 0 Å². The molecule has 2 saturated heterocycles. The summed E-state index contributed by atoms with van der Waals surface area (Å²) in [5.41, 5.74) is 5.93. The number of thioether (sulfide) groups is 1. The average molecular weight is 243 g/mol. The molecule has 0 spiro atoms. The van der Waals surface area contributed by atoms with Gasteiger partial charge in [0.15, 0.2) is 0 Å². The standard InChI is InChI=1S/C12H25N3S/c1-10-12(4-3-7-16-10)15-6-5-14(2)9-11(15)8-13/h10-12H,3-9,13H2,1-2H3. The van der Waals surface area contributed by atoms with E-state index in [4.69, 9.17) is 5.73 Å². The number of nitrogens with two attached hydrogens (primary N) is 1. The van der Waals surface area contributed by atoms with Gasteiger partial charge in [-0.15, -0.1) is 0 Å². The predicted molar refractivity (Wildman–Crippen MR) is 72.0 cm³/mol. The van der Waals surface area contributed by atoms with Gasteiger partial charge in [-0.1, -0.05) is 6.92 Å². The van der Waals surface area contributed by atoms with Gasteiger partial charge in [0, 0.05) is 43.5 Å². The highest BCUT2D eigenvalue weighted by Gasteiger charge is 2.34. The van der Waals surface area contributed by atoms with Gasteiger partial charge >= 0.3 is 0 Å². The zero-order chi connectivity index (χ0) is 11.5. The zero-order valence-electron chi connectivity index (χ0n) is 10.6. The largest absolute Gasteiger partial charge is 0.329 e. The normalized spacial score (nSPS) is 38.8. The molecule has 3 nitrogen and oxygen atoms in total. The number of hydrogen-bond acceptors (Lipinski definition) is 4. The Hall–Kier alpha value is 0.230. The Labute approximate surface area is 104 Å². The number of piperazine rings is 1. The molecule has 2 fully saturated rings. The van der Waals surface area contributed by atoms with Crippen molar-refractivity contribution in [2.45, 2.75) is 37.1 Å². The van der Waals surface area contributed by atoms with E-state index < -0.39 is 0 Å². The number of likely N-dealkylation sites (N-methyl/N-ethyl adjacent to an activating group) is 1. The maximum Gasteiger partial charge on any atom is 0.0349 e. The smallest absolute Gasteiger partial charge is 0.0349 e. The van der Waals surface area contributed by atoms with E-state index in [0.29, 0.717) is 6.04 Å². The van der Waals surface area contributed by atoms with Crippen molar-refractivity contribution in [3.05, 3.63) is 0 Å². The molecule has 0 aromatic rings. The number of rotatable bonds is 2. The highest BCUT2D eigenvalue weighted by atomic mass is 32.2. The van der Waals surface area contributed by atoms with Gasteiger partial charge < -0.3 is 10.6 Å². The molecule has 0 aliphatic carbocycles. The highest BCUT2D eigenvalue weighted by molar-refractivity contribution is 7.99. The first kappa shape index (κ1) is 12.7. The van der Waals surface area contributed by atoms with Crippen LogP contribution in [-0.4, -0.2) is 66.1 Å². The molecule has 2 rings (SSSR count). The molecule has 0 radical (unpaired) electrons. The van der Waals surface area contributed by atoms with Crippen molar-refractivity contribution in [1.82, 2.24) is 9.80 Å². The molecule has 0 aromatic carbocycles. The molecule has 3 atom stereocenters. The summed E-state index contributed by atoms with van der Waals surface area (Å²) in [6.45, 7) is 6.74. The van der Waals surface area contributed by atoms with E-state index in [0.717, 1.165) is 24.4 Å². The van der Waals surface area contributed by atoms with Crippen molar-refractivity contribution in [1.29, 1.82) is 0 Å². The van der Waals surface area contributed by atoms with Gasteiger partial charge in [-0.3, -0.25) is 4.90 Å². The van der Waals surface area contributed by atoms with E-state index in [9.17, 15) is 0 Å².